The van der Waals surface area contributed by atoms with Crippen LogP contribution in [-0.2, 0) is 17.9 Å². The average Bonchev–Trinajstić information content (AvgIpc) is 2.66. The van der Waals surface area contributed by atoms with E-state index in [0.717, 1.165) is 30.5 Å². The van der Waals surface area contributed by atoms with Crippen LogP contribution >= 0.6 is 11.6 Å². The van der Waals surface area contributed by atoms with Gasteiger partial charge in [0.05, 0.1) is 5.02 Å². The minimum atomic E-state index is 0.0952. The van der Waals surface area contributed by atoms with Crippen molar-refractivity contribution in [1.29, 1.82) is 0 Å². The van der Waals surface area contributed by atoms with Crippen LogP contribution in [0, 0.1) is 5.92 Å². The van der Waals surface area contributed by atoms with E-state index < -0.39 is 0 Å². The maximum atomic E-state index is 12.5. The molecule has 1 fully saturated rings. The molecule has 0 spiro atoms. The second kappa shape index (κ2) is 9.06. The lowest BCUT2D eigenvalue weighted by Crippen LogP contribution is -2.42. The van der Waals surface area contributed by atoms with Gasteiger partial charge in [0, 0.05) is 18.5 Å². The average molecular weight is 373 g/mol. The number of halogens is 1. The molecule has 4 nitrogen and oxygen atoms in total. The third-order valence-electron chi connectivity index (χ3n) is 4.79. The number of benzene rings is 2. The Morgan fingerprint density at radius 1 is 1.19 bits per heavy atom. The number of hydrogen-bond acceptors (Lipinski definition) is 3. The molecule has 2 aromatic rings. The molecule has 3 rings (SSSR count). The lowest BCUT2D eigenvalue weighted by molar-refractivity contribution is -0.126. The standard InChI is InChI=1S/C21H25ClN2O2/c1-15-12-16(10-11-23-15)21(25)24-13-17-6-2-3-7-18(17)14-26-20-9-5-4-8-19(20)22/h2-9,15-16,23H,10-14H2,1H3,(H,24,25)/t15-,16-/m0/s1. The minimum Gasteiger partial charge on any atom is -0.487 e. The highest BCUT2D eigenvalue weighted by Crippen LogP contribution is 2.24. The molecule has 0 bridgehead atoms. The molecule has 0 radical (unpaired) electrons. The molecule has 1 heterocycles. The highest BCUT2D eigenvalue weighted by molar-refractivity contribution is 6.32. The van der Waals surface area contributed by atoms with E-state index in [2.05, 4.69) is 17.6 Å². The summed E-state index contributed by atoms with van der Waals surface area (Å²) in [7, 11) is 0. The normalized spacial score (nSPS) is 19.8. The van der Waals surface area contributed by atoms with Crippen molar-refractivity contribution in [3.8, 4) is 5.75 Å². The summed E-state index contributed by atoms with van der Waals surface area (Å²) >= 11 is 6.14. The first-order chi connectivity index (χ1) is 12.6. The Bertz CT molecular complexity index is 750. The molecule has 2 atom stereocenters. The number of piperidine rings is 1. The molecule has 1 aliphatic heterocycles. The van der Waals surface area contributed by atoms with Crippen LogP contribution in [0.2, 0.25) is 5.02 Å². The van der Waals surface area contributed by atoms with Crippen LogP contribution in [0.5, 0.6) is 5.75 Å². The summed E-state index contributed by atoms with van der Waals surface area (Å²) in [5, 5.41) is 7.07. The highest BCUT2D eigenvalue weighted by Gasteiger charge is 2.24. The zero-order valence-electron chi connectivity index (χ0n) is 15.0. The predicted octanol–water partition coefficient (Wildman–Crippen LogP) is 3.92. The fourth-order valence-electron chi connectivity index (χ4n) is 3.28. The molecule has 1 saturated heterocycles. The van der Waals surface area contributed by atoms with Crippen molar-refractivity contribution in [3.63, 3.8) is 0 Å². The van der Waals surface area contributed by atoms with E-state index in [4.69, 9.17) is 16.3 Å². The zero-order valence-corrected chi connectivity index (χ0v) is 15.8. The molecule has 5 heteroatoms. The second-order valence-corrected chi connectivity index (χ2v) is 7.19. The summed E-state index contributed by atoms with van der Waals surface area (Å²) in [4.78, 5) is 12.5. The van der Waals surface area contributed by atoms with Crippen LogP contribution in [0.4, 0.5) is 0 Å². The van der Waals surface area contributed by atoms with Crippen molar-refractivity contribution >= 4 is 17.5 Å². The van der Waals surface area contributed by atoms with Gasteiger partial charge in [-0.05, 0) is 49.6 Å². The molecule has 1 aliphatic rings. The van der Waals surface area contributed by atoms with E-state index in [-0.39, 0.29) is 11.8 Å². The molecule has 1 amide bonds. The van der Waals surface area contributed by atoms with Crippen molar-refractivity contribution in [2.24, 2.45) is 5.92 Å². The van der Waals surface area contributed by atoms with Crippen LogP contribution in [0.15, 0.2) is 48.5 Å². The van der Waals surface area contributed by atoms with Crippen molar-refractivity contribution < 1.29 is 9.53 Å². The summed E-state index contributed by atoms with van der Waals surface area (Å²) < 4.78 is 5.85. The number of ether oxygens (including phenoxy) is 1. The van der Waals surface area contributed by atoms with Gasteiger partial charge in [-0.25, -0.2) is 0 Å². The Labute approximate surface area is 159 Å². The van der Waals surface area contributed by atoms with Gasteiger partial charge >= 0.3 is 0 Å². The Balaban J connectivity index is 1.58. The number of amides is 1. The highest BCUT2D eigenvalue weighted by atomic mass is 35.5. The molecule has 0 aromatic heterocycles. The first-order valence-corrected chi connectivity index (χ1v) is 9.46. The number of carbonyl (C=O) groups excluding carboxylic acids is 1. The van der Waals surface area contributed by atoms with Gasteiger partial charge in [0.25, 0.3) is 0 Å². The van der Waals surface area contributed by atoms with Gasteiger partial charge in [-0.3, -0.25) is 4.79 Å². The van der Waals surface area contributed by atoms with Crippen molar-refractivity contribution in [3.05, 3.63) is 64.7 Å². The largest absolute Gasteiger partial charge is 0.487 e. The van der Waals surface area contributed by atoms with E-state index >= 15 is 0 Å². The molecule has 2 aromatic carbocycles. The molecule has 0 aliphatic carbocycles. The molecular weight excluding hydrogens is 348 g/mol. The molecule has 0 unspecified atom stereocenters. The summed E-state index contributed by atoms with van der Waals surface area (Å²) in [6.07, 6.45) is 1.79. The first-order valence-electron chi connectivity index (χ1n) is 9.08. The van der Waals surface area contributed by atoms with Gasteiger partial charge in [0.15, 0.2) is 0 Å². The first kappa shape index (κ1) is 18.7. The number of carbonyl (C=O) groups is 1. The monoisotopic (exact) mass is 372 g/mol. The van der Waals surface area contributed by atoms with Crippen molar-refractivity contribution in [1.82, 2.24) is 10.6 Å². The summed E-state index contributed by atoms with van der Waals surface area (Å²) in [5.41, 5.74) is 2.11. The lowest BCUT2D eigenvalue weighted by Gasteiger charge is -2.27. The van der Waals surface area contributed by atoms with Gasteiger partial charge in [0.1, 0.15) is 12.4 Å². The third kappa shape index (κ3) is 4.99. The quantitative estimate of drug-likeness (QED) is 0.807. The van der Waals surface area contributed by atoms with Gasteiger partial charge < -0.3 is 15.4 Å². The van der Waals surface area contributed by atoms with Gasteiger partial charge in [-0.2, -0.15) is 0 Å². The predicted molar refractivity (Wildman–Crippen MR) is 104 cm³/mol. The molecular formula is C21H25ClN2O2. The Morgan fingerprint density at radius 3 is 2.69 bits per heavy atom. The third-order valence-corrected chi connectivity index (χ3v) is 5.10. The SMILES string of the molecule is C[C@H]1C[C@@H](C(=O)NCc2ccccc2COc2ccccc2Cl)CCN1. The van der Waals surface area contributed by atoms with Gasteiger partial charge in [-0.15, -0.1) is 0 Å². The smallest absolute Gasteiger partial charge is 0.223 e. The topological polar surface area (TPSA) is 50.4 Å². The minimum absolute atomic E-state index is 0.0952. The number of hydrogen-bond donors (Lipinski definition) is 2. The van der Waals surface area contributed by atoms with E-state index in [1.54, 1.807) is 0 Å². The Morgan fingerprint density at radius 2 is 1.92 bits per heavy atom. The maximum Gasteiger partial charge on any atom is 0.223 e. The van der Waals surface area contributed by atoms with E-state index in [0.29, 0.717) is 30.0 Å². The Kier molecular flexibility index (Phi) is 6.53. The van der Waals surface area contributed by atoms with Crippen LogP contribution in [0.1, 0.15) is 30.9 Å². The second-order valence-electron chi connectivity index (χ2n) is 6.78. The molecule has 2 N–H and O–H groups in total. The fraction of sp³-hybridized carbons (Fsp3) is 0.381. The van der Waals surface area contributed by atoms with E-state index in [1.165, 1.54) is 0 Å². The molecule has 0 saturated carbocycles. The Hall–Kier alpha value is -2.04. The summed E-state index contributed by atoms with van der Waals surface area (Å²) in [6.45, 7) is 3.96. The number of nitrogens with one attached hydrogen (secondary N) is 2. The van der Waals surface area contributed by atoms with Crippen LogP contribution < -0.4 is 15.4 Å². The van der Waals surface area contributed by atoms with Crippen LogP contribution in [-0.4, -0.2) is 18.5 Å². The zero-order chi connectivity index (χ0) is 18.4. The number of rotatable bonds is 6. The van der Waals surface area contributed by atoms with Crippen LogP contribution in [0.3, 0.4) is 0 Å². The van der Waals surface area contributed by atoms with E-state index in [9.17, 15) is 4.79 Å². The van der Waals surface area contributed by atoms with Crippen LogP contribution in [0.25, 0.3) is 0 Å². The lowest BCUT2D eigenvalue weighted by atomic mass is 9.92. The molecule has 138 valence electrons. The van der Waals surface area contributed by atoms with E-state index in [1.807, 2.05) is 48.5 Å². The summed E-state index contributed by atoms with van der Waals surface area (Å²) in [6, 6.07) is 15.8. The maximum absolute atomic E-state index is 12.5. The summed E-state index contributed by atoms with van der Waals surface area (Å²) in [5.74, 6) is 0.898. The van der Waals surface area contributed by atoms with Crippen molar-refractivity contribution in [2.45, 2.75) is 39.0 Å². The van der Waals surface area contributed by atoms with Gasteiger partial charge in [-0.1, -0.05) is 48.0 Å². The number of para-hydroxylation sites is 1. The van der Waals surface area contributed by atoms with Crippen molar-refractivity contribution in [2.75, 3.05) is 6.54 Å². The van der Waals surface area contributed by atoms with Gasteiger partial charge in [0.2, 0.25) is 5.91 Å². The molecule has 26 heavy (non-hydrogen) atoms. The fourth-order valence-corrected chi connectivity index (χ4v) is 3.48.